The first kappa shape index (κ1) is 32.6. The van der Waals surface area contributed by atoms with Crippen molar-refractivity contribution in [2.75, 3.05) is 24.2 Å². The van der Waals surface area contributed by atoms with Crippen LogP contribution in [0.3, 0.4) is 0 Å². The predicted molar refractivity (Wildman–Crippen MR) is 177 cm³/mol. The molecule has 4 nitrogen and oxygen atoms in total. The minimum Gasteiger partial charge on any atom is -0.349 e. The normalized spacial score (nSPS) is 11.1. The van der Waals surface area contributed by atoms with Gasteiger partial charge in [0.2, 0.25) is 0 Å². The van der Waals surface area contributed by atoms with Gasteiger partial charge in [0.1, 0.15) is 11.5 Å². The summed E-state index contributed by atoms with van der Waals surface area (Å²) in [6, 6.07) is 21.7. The molecular weight excluding hydrogens is 586 g/mol. The third-order valence-electron chi connectivity index (χ3n) is 7.16. The maximum atomic E-state index is 14.2. The average Bonchev–Trinajstić information content (AvgIpc) is 3.44. The molecule has 0 aliphatic carbocycles. The number of rotatable bonds is 16. The molecule has 0 saturated carbocycles. The van der Waals surface area contributed by atoms with Crippen LogP contribution in [0.25, 0.3) is 22.5 Å². The Labute approximate surface area is 262 Å². The first-order chi connectivity index (χ1) is 21.0. The molecule has 0 aliphatic rings. The van der Waals surface area contributed by atoms with Gasteiger partial charge in [-0.1, -0.05) is 111 Å². The van der Waals surface area contributed by atoms with E-state index in [4.69, 9.17) is 17.2 Å². The van der Waals surface area contributed by atoms with Gasteiger partial charge in [0.05, 0.1) is 11.4 Å². The second-order valence-electron chi connectivity index (χ2n) is 10.5. The molecule has 2 N–H and O–H groups in total. The summed E-state index contributed by atoms with van der Waals surface area (Å²) in [5, 5.41) is 3.84. The lowest BCUT2D eigenvalue weighted by Crippen LogP contribution is -2.36. The van der Waals surface area contributed by atoms with Crippen LogP contribution in [0.15, 0.2) is 78.0 Å². The molecule has 1 heterocycles. The highest BCUT2D eigenvalue weighted by molar-refractivity contribution is 7.99. The number of nitrogens with zero attached hydrogens (tertiary/aromatic N) is 2. The number of thioether (sulfide) groups is 1. The molecule has 43 heavy (non-hydrogen) atoms. The number of thiocarbonyl (C=S) groups is 1. The molecule has 0 unspecified atom stereocenters. The standard InChI is InChI=1S/C34H39F3N4S2/c1-2-3-4-5-13-20-41(34(42)40-32-28(36)23-27(35)24-29(32)37)21-14-8-15-22-43-33-38-30(25-16-9-6-10-17-25)31(39-33)26-18-11-7-12-19-26/h6-7,9-12,16-19,23-24H,2-5,8,13-15,20-22H2,1H3,(H,38,39)(H,40,42). The van der Waals surface area contributed by atoms with Crippen molar-refractivity contribution in [1.82, 2.24) is 14.9 Å². The molecule has 228 valence electrons. The summed E-state index contributed by atoms with van der Waals surface area (Å²) in [6.07, 6.45) is 8.34. The van der Waals surface area contributed by atoms with Crippen molar-refractivity contribution in [3.8, 4) is 22.5 Å². The van der Waals surface area contributed by atoms with Crippen molar-refractivity contribution in [2.24, 2.45) is 0 Å². The number of aromatic nitrogens is 2. The molecule has 0 atom stereocenters. The first-order valence-corrected chi connectivity index (χ1v) is 16.4. The number of H-pyrrole nitrogens is 1. The van der Waals surface area contributed by atoms with Gasteiger partial charge in [-0.2, -0.15) is 0 Å². The Balaban J connectivity index is 1.31. The van der Waals surface area contributed by atoms with Gasteiger partial charge in [-0.05, 0) is 31.5 Å². The zero-order valence-corrected chi connectivity index (χ0v) is 26.2. The van der Waals surface area contributed by atoms with Crippen molar-refractivity contribution < 1.29 is 13.2 Å². The molecule has 0 radical (unpaired) electrons. The molecule has 4 rings (SSSR count). The highest BCUT2D eigenvalue weighted by Gasteiger charge is 2.17. The van der Waals surface area contributed by atoms with Crippen LogP contribution in [0, 0.1) is 17.5 Å². The zero-order chi connectivity index (χ0) is 30.4. The minimum absolute atomic E-state index is 0.256. The summed E-state index contributed by atoms with van der Waals surface area (Å²) < 4.78 is 41.9. The van der Waals surface area contributed by atoms with Gasteiger partial charge in [-0.15, -0.1) is 0 Å². The fourth-order valence-electron chi connectivity index (χ4n) is 4.86. The molecule has 1 aromatic heterocycles. The van der Waals surface area contributed by atoms with E-state index in [1.54, 1.807) is 11.8 Å². The molecule has 9 heteroatoms. The predicted octanol–water partition coefficient (Wildman–Crippen LogP) is 10.1. The number of aromatic amines is 1. The minimum atomic E-state index is -0.997. The van der Waals surface area contributed by atoms with Crippen LogP contribution in [0.4, 0.5) is 18.9 Å². The van der Waals surface area contributed by atoms with E-state index in [1.807, 2.05) is 41.3 Å². The maximum Gasteiger partial charge on any atom is 0.173 e. The summed E-state index contributed by atoms with van der Waals surface area (Å²) in [5.41, 5.74) is 3.71. The fourth-order valence-corrected chi connectivity index (χ4v) is 6.01. The van der Waals surface area contributed by atoms with Crippen molar-refractivity contribution in [3.05, 3.63) is 90.2 Å². The molecule has 0 aliphatic heterocycles. The average molecular weight is 625 g/mol. The quantitative estimate of drug-likeness (QED) is 0.0738. The molecule has 0 bridgehead atoms. The van der Waals surface area contributed by atoms with Gasteiger partial charge in [-0.3, -0.25) is 0 Å². The molecule has 3 aromatic carbocycles. The Bertz CT molecular complexity index is 1350. The number of imidazole rings is 1. The molecule has 0 amide bonds. The number of hydrogen-bond acceptors (Lipinski definition) is 3. The lowest BCUT2D eigenvalue weighted by molar-refractivity contribution is 0.392. The number of nitrogens with one attached hydrogen (secondary N) is 2. The van der Waals surface area contributed by atoms with Gasteiger partial charge < -0.3 is 15.2 Å². The lowest BCUT2D eigenvalue weighted by atomic mass is 10.1. The third kappa shape index (κ3) is 9.86. The van der Waals surface area contributed by atoms with Crippen molar-refractivity contribution in [2.45, 2.75) is 63.4 Å². The molecule has 4 aromatic rings. The van der Waals surface area contributed by atoms with E-state index < -0.39 is 23.1 Å². The van der Waals surface area contributed by atoms with Crippen LogP contribution in [0.2, 0.25) is 0 Å². The number of hydrogen-bond donors (Lipinski definition) is 2. The topological polar surface area (TPSA) is 44.0 Å². The van der Waals surface area contributed by atoms with Crippen LogP contribution < -0.4 is 5.32 Å². The van der Waals surface area contributed by atoms with E-state index in [0.717, 1.165) is 78.4 Å². The Kier molecular flexibility index (Phi) is 13.0. The summed E-state index contributed by atoms with van der Waals surface area (Å²) in [7, 11) is 0. The second kappa shape index (κ2) is 17.1. The first-order valence-electron chi connectivity index (χ1n) is 15.0. The third-order valence-corrected chi connectivity index (χ3v) is 8.48. The van der Waals surface area contributed by atoms with Crippen LogP contribution in [0.5, 0.6) is 0 Å². The molecule has 0 fully saturated rings. The largest absolute Gasteiger partial charge is 0.349 e. The fraction of sp³-hybridized carbons (Fsp3) is 0.353. The smallest absolute Gasteiger partial charge is 0.173 e. The highest BCUT2D eigenvalue weighted by Crippen LogP contribution is 2.33. The van der Waals surface area contributed by atoms with E-state index >= 15 is 0 Å². The van der Waals surface area contributed by atoms with E-state index in [0.29, 0.717) is 25.2 Å². The van der Waals surface area contributed by atoms with Gasteiger partial charge in [-0.25, -0.2) is 18.2 Å². The lowest BCUT2D eigenvalue weighted by Gasteiger charge is -2.26. The van der Waals surface area contributed by atoms with Crippen LogP contribution in [-0.2, 0) is 0 Å². The van der Waals surface area contributed by atoms with Gasteiger partial charge in [0, 0.05) is 42.1 Å². The van der Waals surface area contributed by atoms with Crippen LogP contribution in [-0.4, -0.2) is 38.8 Å². The zero-order valence-electron chi connectivity index (χ0n) is 24.6. The summed E-state index contributed by atoms with van der Waals surface area (Å²) in [5.74, 6) is -2.05. The van der Waals surface area contributed by atoms with E-state index in [2.05, 4.69) is 41.5 Å². The van der Waals surface area contributed by atoms with Crippen molar-refractivity contribution >= 4 is 34.8 Å². The number of unbranched alkanes of at least 4 members (excludes halogenated alkanes) is 6. The molecule has 0 saturated heterocycles. The Morgan fingerprint density at radius 1 is 0.814 bits per heavy atom. The van der Waals surface area contributed by atoms with Crippen LogP contribution >= 0.6 is 24.0 Å². The summed E-state index contributed by atoms with van der Waals surface area (Å²) in [6.45, 7) is 3.54. The van der Waals surface area contributed by atoms with Gasteiger partial charge >= 0.3 is 0 Å². The van der Waals surface area contributed by atoms with Crippen LogP contribution in [0.1, 0.15) is 58.3 Å². The maximum absolute atomic E-state index is 14.2. The van der Waals surface area contributed by atoms with Gasteiger partial charge in [0.15, 0.2) is 21.9 Å². The SMILES string of the molecule is CCCCCCCN(CCCCCSc1nc(-c2ccccc2)c(-c2ccccc2)[nH]1)C(=S)Nc1c(F)cc(F)cc1F. The second-order valence-corrected chi connectivity index (χ2v) is 12.0. The number of anilines is 1. The van der Waals surface area contributed by atoms with E-state index in [-0.39, 0.29) is 5.11 Å². The van der Waals surface area contributed by atoms with Gasteiger partial charge in [0.25, 0.3) is 0 Å². The Morgan fingerprint density at radius 2 is 1.40 bits per heavy atom. The van der Waals surface area contributed by atoms with Crippen molar-refractivity contribution in [1.29, 1.82) is 0 Å². The number of halogens is 3. The molecule has 0 spiro atoms. The van der Waals surface area contributed by atoms with E-state index in [9.17, 15) is 13.2 Å². The van der Waals surface area contributed by atoms with E-state index in [1.165, 1.54) is 6.42 Å². The molecular formula is C34H39F3N4S2. The number of benzene rings is 3. The summed E-state index contributed by atoms with van der Waals surface area (Å²) >= 11 is 7.25. The summed E-state index contributed by atoms with van der Waals surface area (Å²) in [4.78, 5) is 10.4. The monoisotopic (exact) mass is 624 g/mol. The highest BCUT2D eigenvalue weighted by atomic mass is 32.2. The Hall–Kier alpha value is -3.30. The Morgan fingerprint density at radius 3 is 2.02 bits per heavy atom. The van der Waals surface area contributed by atoms with Crippen molar-refractivity contribution in [3.63, 3.8) is 0 Å².